The molecule has 7 heterocycles. The van der Waals surface area contributed by atoms with Crippen LogP contribution < -0.4 is 15.5 Å². The van der Waals surface area contributed by atoms with Crippen LogP contribution in [0.15, 0.2) is 54.9 Å². The lowest BCUT2D eigenvalue weighted by Gasteiger charge is -2.38. The summed E-state index contributed by atoms with van der Waals surface area (Å²) < 4.78 is 0. The van der Waals surface area contributed by atoms with Crippen molar-refractivity contribution >= 4 is 52.1 Å². The van der Waals surface area contributed by atoms with E-state index in [1.54, 1.807) is 6.20 Å². The van der Waals surface area contributed by atoms with Gasteiger partial charge in [-0.25, -0.2) is 9.97 Å². The molecular formula is C44H54ClN9O3. The van der Waals surface area contributed by atoms with Gasteiger partial charge in [-0.1, -0.05) is 29.8 Å². The molecule has 3 N–H and O–H groups in total. The van der Waals surface area contributed by atoms with Crippen LogP contribution in [-0.4, -0.2) is 125 Å². The van der Waals surface area contributed by atoms with Gasteiger partial charge in [0.25, 0.3) is 5.91 Å². The van der Waals surface area contributed by atoms with Crippen LogP contribution in [0.1, 0.15) is 67.3 Å². The summed E-state index contributed by atoms with van der Waals surface area (Å²) >= 11 is 6.58. The van der Waals surface area contributed by atoms with Gasteiger partial charge in [0.15, 0.2) is 6.29 Å². The Hall–Kier alpha value is -4.36. The van der Waals surface area contributed by atoms with Crippen LogP contribution in [0.3, 0.4) is 0 Å². The summed E-state index contributed by atoms with van der Waals surface area (Å²) in [5, 5.41) is 8.43. The maximum absolute atomic E-state index is 13.3. The Labute approximate surface area is 339 Å². The molecule has 4 saturated heterocycles. The second-order valence-corrected chi connectivity index (χ2v) is 17.4. The number of hydrogen-bond donors (Lipinski definition) is 3. The fourth-order valence-corrected chi connectivity index (χ4v) is 10.2. The van der Waals surface area contributed by atoms with Crippen LogP contribution in [0.2, 0.25) is 5.02 Å². The van der Waals surface area contributed by atoms with E-state index in [9.17, 15) is 14.4 Å². The highest BCUT2D eigenvalue weighted by molar-refractivity contribution is 6.33. The number of carbonyl (C=O) groups excluding carboxylic acids is 3. The van der Waals surface area contributed by atoms with Crippen molar-refractivity contribution in [1.82, 2.24) is 35.0 Å². The third-order valence-corrected chi connectivity index (χ3v) is 13.7. The molecule has 3 atom stereocenters. The van der Waals surface area contributed by atoms with E-state index in [0.717, 1.165) is 90.7 Å². The van der Waals surface area contributed by atoms with Crippen LogP contribution in [0, 0.1) is 11.8 Å². The Balaban J connectivity index is 0.680. The molecule has 2 aromatic carbocycles. The van der Waals surface area contributed by atoms with E-state index in [1.807, 2.05) is 29.3 Å². The van der Waals surface area contributed by atoms with Gasteiger partial charge in [-0.2, -0.15) is 0 Å². The van der Waals surface area contributed by atoms with Crippen molar-refractivity contribution < 1.29 is 14.4 Å². The number of piperidine rings is 3. The maximum atomic E-state index is 13.3. The van der Waals surface area contributed by atoms with E-state index in [1.165, 1.54) is 57.4 Å². The molecule has 300 valence electrons. The molecule has 0 spiro atoms. The lowest BCUT2D eigenvalue weighted by Crippen LogP contribution is -2.52. The molecule has 2 aromatic heterocycles. The number of Topliss-reactive ketones (excluding diaryl/α,β-unsaturated/α-hetero) is 1. The smallest absolute Gasteiger partial charge is 0.254 e. The first-order chi connectivity index (χ1) is 27.9. The molecule has 4 aromatic rings. The normalized spacial score (nSPS) is 24.0. The molecule has 5 aliphatic rings. The Morgan fingerprint density at radius 2 is 1.74 bits per heavy atom. The van der Waals surface area contributed by atoms with Crippen LogP contribution in [0.25, 0.3) is 22.2 Å². The van der Waals surface area contributed by atoms with Gasteiger partial charge in [0, 0.05) is 91.8 Å². The zero-order chi connectivity index (χ0) is 38.9. The SMILES string of the molecule is O=CC(=O)C1CCC(N2Cc3cc(N4CCC(CN5CCC(CCN6CCC(Nc7ncc(Cl)c(-c8c[nH]c9ccccc89)n7)C6)CC5)CC4)ccc3C2=O)CN1. The molecule has 9 rings (SSSR count). The summed E-state index contributed by atoms with van der Waals surface area (Å²) in [6, 6.07) is 14.5. The molecule has 3 unspecified atom stereocenters. The van der Waals surface area contributed by atoms with Crippen LogP contribution in [-0.2, 0) is 16.1 Å². The molecule has 4 fully saturated rings. The summed E-state index contributed by atoms with van der Waals surface area (Å²) in [5.74, 6) is 1.84. The molecule has 1 amide bonds. The molecule has 12 nitrogen and oxygen atoms in total. The van der Waals surface area contributed by atoms with Gasteiger partial charge < -0.3 is 35.2 Å². The third kappa shape index (κ3) is 8.32. The van der Waals surface area contributed by atoms with E-state index >= 15 is 0 Å². The first kappa shape index (κ1) is 38.2. The lowest BCUT2D eigenvalue weighted by molar-refractivity contribution is -0.131. The fraction of sp³-hybridized carbons (Fsp3) is 0.523. The number of aromatic amines is 1. The van der Waals surface area contributed by atoms with E-state index in [-0.39, 0.29) is 11.9 Å². The average molecular weight is 792 g/mol. The van der Waals surface area contributed by atoms with Crippen molar-refractivity contribution in [3.8, 4) is 11.3 Å². The zero-order valence-electron chi connectivity index (χ0n) is 32.7. The number of hydrogen-bond acceptors (Lipinski definition) is 10. The predicted molar refractivity (Wildman–Crippen MR) is 224 cm³/mol. The van der Waals surface area contributed by atoms with Gasteiger partial charge in [0.2, 0.25) is 11.7 Å². The molecule has 5 aliphatic heterocycles. The first-order valence-electron chi connectivity index (χ1n) is 21.1. The maximum Gasteiger partial charge on any atom is 0.254 e. The number of ketones is 1. The number of carbonyl (C=O) groups is 3. The van der Waals surface area contributed by atoms with Crippen molar-refractivity contribution in [2.24, 2.45) is 11.8 Å². The van der Waals surface area contributed by atoms with Crippen molar-refractivity contribution in [3.05, 3.63) is 71.0 Å². The van der Waals surface area contributed by atoms with E-state index in [4.69, 9.17) is 16.6 Å². The number of likely N-dealkylation sites (tertiary alicyclic amines) is 2. The Morgan fingerprint density at radius 1 is 0.930 bits per heavy atom. The van der Waals surface area contributed by atoms with Crippen molar-refractivity contribution in [2.45, 2.75) is 76.0 Å². The molecule has 0 aliphatic carbocycles. The fourth-order valence-electron chi connectivity index (χ4n) is 10.0. The van der Waals surface area contributed by atoms with Gasteiger partial charge >= 0.3 is 0 Å². The number of anilines is 2. The number of amides is 1. The summed E-state index contributed by atoms with van der Waals surface area (Å²) in [5.41, 5.74) is 5.92. The monoisotopic (exact) mass is 791 g/mol. The molecular weight excluding hydrogens is 738 g/mol. The minimum absolute atomic E-state index is 0.0371. The van der Waals surface area contributed by atoms with Gasteiger partial charge in [0.05, 0.1) is 23.0 Å². The van der Waals surface area contributed by atoms with Gasteiger partial charge in [-0.15, -0.1) is 0 Å². The highest BCUT2D eigenvalue weighted by atomic mass is 35.5. The number of aldehydes is 1. The van der Waals surface area contributed by atoms with Gasteiger partial charge in [-0.05, 0) is 113 Å². The van der Waals surface area contributed by atoms with Crippen molar-refractivity contribution in [3.63, 3.8) is 0 Å². The topological polar surface area (TPSA) is 130 Å². The summed E-state index contributed by atoms with van der Waals surface area (Å²) in [7, 11) is 0. The van der Waals surface area contributed by atoms with Crippen molar-refractivity contribution in [2.75, 3.05) is 69.1 Å². The standard InChI is InChI=1S/C44H54ClN9O3/c45-38-24-48-44(50-42(38)37-23-47-39-4-2-1-3-36(37)39)49-32-14-18-52(27-32)17-11-29-9-15-51(16-10-29)25-30-12-19-53(20-13-30)33-5-7-35-31(21-33)26-54(43(35)57)34-6-8-40(46-22-34)41(56)28-55/h1-5,7,21,23-24,28-30,32,34,40,46-47H,6,8-20,22,25-27H2,(H,48,49,50). The molecule has 0 bridgehead atoms. The third-order valence-electron chi connectivity index (χ3n) is 13.5. The van der Waals surface area contributed by atoms with Crippen LogP contribution >= 0.6 is 11.6 Å². The second-order valence-electron chi connectivity index (χ2n) is 17.0. The van der Waals surface area contributed by atoms with E-state index < -0.39 is 11.8 Å². The zero-order valence-corrected chi connectivity index (χ0v) is 33.4. The quantitative estimate of drug-likeness (QED) is 0.123. The Morgan fingerprint density at radius 3 is 2.54 bits per heavy atom. The molecule has 57 heavy (non-hydrogen) atoms. The second kappa shape index (κ2) is 16.9. The number of benzene rings is 2. The number of fused-ring (bicyclic) bond motifs is 2. The van der Waals surface area contributed by atoms with Crippen LogP contribution in [0.5, 0.6) is 0 Å². The minimum Gasteiger partial charge on any atom is -0.372 e. The highest BCUT2D eigenvalue weighted by Crippen LogP contribution is 2.34. The van der Waals surface area contributed by atoms with Gasteiger partial charge in [-0.3, -0.25) is 14.4 Å². The number of para-hydroxylation sites is 1. The number of halogens is 1. The van der Waals surface area contributed by atoms with E-state index in [2.05, 4.69) is 59.6 Å². The largest absolute Gasteiger partial charge is 0.372 e. The molecule has 0 radical (unpaired) electrons. The van der Waals surface area contributed by atoms with E-state index in [0.29, 0.717) is 42.8 Å². The average Bonchev–Trinajstić information content (AvgIpc) is 3.98. The Kier molecular flexibility index (Phi) is 11.3. The van der Waals surface area contributed by atoms with Crippen molar-refractivity contribution in [1.29, 1.82) is 0 Å². The number of H-pyrrole nitrogens is 1. The highest BCUT2D eigenvalue weighted by Gasteiger charge is 2.36. The summed E-state index contributed by atoms with van der Waals surface area (Å²) in [6.45, 7) is 10.2. The minimum atomic E-state index is -0.421. The summed E-state index contributed by atoms with van der Waals surface area (Å²) in [4.78, 5) is 58.4. The van der Waals surface area contributed by atoms with Gasteiger partial charge in [0.1, 0.15) is 0 Å². The molecule has 0 saturated carbocycles. The number of aromatic nitrogens is 3. The first-order valence-corrected chi connectivity index (χ1v) is 21.5. The van der Waals surface area contributed by atoms with Crippen LogP contribution in [0.4, 0.5) is 11.6 Å². The number of nitrogens with one attached hydrogen (secondary N) is 3. The summed E-state index contributed by atoms with van der Waals surface area (Å²) in [6.07, 6.45) is 12.7. The lowest BCUT2D eigenvalue weighted by atomic mass is 9.91. The predicted octanol–water partition coefficient (Wildman–Crippen LogP) is 5.63. The molecule has 13 heteroatoms. The number of nitrogens with zero attached hydrogens (tertiary/aromatic N) is 6. The number of rotatable bonds is 12. The Bertz CT molecular complexity index is 2080.